The third-order valence-corrected chi connectivity index (χ3v) is 3.55. The number of benzene rings is 1. The second-order valence-corrected chi connectivity index (χ2v) is 5.62. The fourth-order valence-electron chi connectivity index (χ4n) is 2.35. The number of nitrogens with two attached hydrogens (primary N) is 1. The van der Waals surface area contributed by atoms with Crippen molar-refractivity contribution >= 4 is 5.84 Å². The molecule has 1 heterocycles. The van der Waals surface area contributed by atoms with E-state index in [4.69, 9.17) is 15.7 Å². The van der Waals surface area contributed by atoms with Crippen molar-refractivity contribution in [1.82, 2.24) is 4.90 Å². The quantitative estimate of drug-likeness (QED) is 0.381. The summed E-state index contributed by atoms with van der Waals surface area (Å²) in [6.45, 7) is 6.90. The summed E-state index contributed by atoms with van der Waals surface area (Å²) in [7, 11) is 0. The van der Waals surface area contributed by atoms with E-state index in [1.807, 2.05) is 0 Å². The minimum atomic E-state index is -0.393. The molecule has 1 aromatic rings. The molecule has 0 spiro atoms. The predicted molar refractivity (Wildman–Crippen MR) is 74.2 cm³/mol. The molecule has 0 saturated carbocycles. The van der Waals surface area contributed by atoms with Gasteiger partial charge in [0.2, 0.25) is 0 Å². The van der Waals surface area contributed by atoms with Gasteiger partial charge in [-0.2, -0.15) is 0 Å². The van der Waals surface area contributed by atoms with Gasteiger partial charge in [0.15, 0.2) is 5.84 Å². The van der Waals surface area contributed by atoms with Gasteiger partial charge in [-0.05, 0) is 37.6 Å². The summed E-state index contributed by atoms with van der Waals surface area (Å²) >= 11 is 0. The first-order chi connectivity index (χ1) is 9.42. The Kier molecular flexibility index (Phi) is 4.25. The van der Waals surface area contributed by atoms with E-state index >= 15 is 0 Å². The van der Waals surface area contributed by atoms with Gasteiger partial charge in [0.1, 0.15) is 5.82 Å². The lowest BCUT2D eigenvalue weighted by Gasteiger charge is -2.42. The first kappa shape index (κ1) is 14.7. The number of hydrogen-bond acceptors (Lipinski definition) is 4. The summed E-state index contributed by atoms with van der Waals surface area (Å²) in [5.74, 6) is -0.484. The predicted octanol–water partition coefficient (Wildman–Crippen LogP) is 1.53. The molecule has 5 nitrogen and oxygen atoms in total. The van der Waals surface area contributed by atoms with Crippen LogP contribution in [0.15, 0.2) is 23.4 Å². The van der Waals surface area contributed by atoms with Crippen LogP contribution < -0.4 is 5.73 Å². The molecule has 1 aromatic carbocycles. The lowest BCUT2D eigenvalue weighted by molar-refractivity contribution is -0.0553. The molecule has 3 N–H and O–H groups in total. The van der Waals surface area contributed by atoms with Gasteiger partial charge in [0.05, 0.1) is 13.2 Å². The number of oxime groups is 1. The Morgan fingerprint density at radius 1 is 1.50 bits per heavy atom. The minimum absolute atomic E-state index is 0.0908. The molecule has 0 atom stereocenters. The van der Waals surface area contributed by atoms with Crippen LogP contribution in [0, 0.1) is 5.82 Å². The molecule has 0 unspecified atom stereocenters. The largest absolute Gasteiger partial charge is 0.409 e. The average molecular weight is 281 g/mol. The molecular weight excluding hydrogens is 261 g/mol. The zero-order valence-corrected chi connectivity index (χ0v) is 11.8. The maximum absolute atomic E-state index is 13.6. The van der Waals surface area contributed by atoms with Crippen molar-refractivity contribution in [1.29, 1.82) is 0 Å². The van der Waals surface area contributed by atoms with Crippen molar-refractivity contribution in [3.05, 3.63) is 35.1 Å². The van der Waals surface area contributed by atoms with Crippen LogP contribution in [0.2, 0.25) is 0 Å². The number of nitrogens with zero attached hydrogens (tertiary/aromatic N) is 2. The molecule has 0 aliphatic carbocycles. The monoisotopic (exact) mass is 281 g/mol. The molecule has 0 bridgehead atoms. The molecule has 1 aliphatic heterocycles. The van der Waals surface area contributed by atoms with E-state index < -0.39 is 5.82 Å². The summed E-state index contributed by atoms with van der Waals surface area (Å²) in [6.07, 6.45) is 0. The number of morpholine rings is 1. The maximum Gasteiger partial charge on any atom is 0.170 e. The van der Waals surface area contributed by atoms with E-state index in [1.54, 1.807) is 6.07 Å². The number of hydrogen-bond donors (Lipinski definition) is 2. The fourth-order valence-corrected chi connectivity index (χ4v) is 2.35. The highest BCUT2D eigenvalue weighted by molar-refractivity contribution is 5.97. The Labute approximate surface area is 117 Å². The molecular formula is C14H20FN3O2. The van der Waals surface area contributed by atoms with Gasteiger partial charge in [0, 0.05) is 24.2 Å². The normalized spacial score (nSPS) is 20.1. The van der Waals surface area contributed by atoms with E-state index in [9.17, 15) is 4.39 Å². The van der Waals surface area contributed by atoms with Gasteiger partial charge in [-0.3, -0.25) is 4.90 Å². The summed E-state index contributed by atoms with van der Waals surface area (Å²) in [6, 6.07) is 4.46. The molecule has 1 saturated heterocycles. The van der Waals surface area contributed by atoms with E-state index in [-0.39, 0.29) is 11.4 Å². The van der Waals surface area contributed by atoms with Gasteiger partial charge < -0.3 is 15.7 Å². The molecule has 20 heavy (non-hydrogen) atoms. The van der Waals surface area contributed by atoms with Crippen LogP contribution in [-0.2, 0) is 11.3 Å². The average Bonchev–Trinajstić information content (AvgIpc) is 2.39. The van der Waals surface area contributed by atoms with Gasteiger partial charge in [0.25, 0.3) is 0 Å². The Hall–Kier alpha value is -1.66. The van der Waals surface area contributed by atoms with Crippen molar-refractivity contribution in [2.75, 3.05) is 19.8 Å². The molecule has 0 aromatic heterocycles. The maximum atomic E-state index is 13.6. The van der Waals surface area contributed by atoms with Crippen LogP contribution in [0.4, 0.5) is 4.39 Å². The van der Waals surface area contributed by atoms with Crippen molar-refractivity contribution in [3.63, 3.8) is 0 Å². The standard InChI is InChI=1S/C14H20FN3O2/c1-14(2)9-20-4-3-18(14)8-10-5-11(13(16)17-19)7-12(15)6-10/h5-7,19H,3-4,8-9H2,1-2H3,(H2,16,17). The van der Waals surface area contributed by atoms with Crippen LogP contribution >= 0.6 is 0 Å². The highest BCUT2D eigenvalue weighted by Gasteiger charge is 2.30. The van der Waals surface area contributed by atoms with Crippen LogP contribution in [0.5, 0.6) is 0 Å². The fraction of sp³-hybridized carbons (Fsp3) is 0.500. The lowest BCUT2D eigenvalue weighted by atomic mass is 10.0. The second kappa shape index (κ2) is 5.76. The van der Waals surface area contributed by atoms with Crippen LogP contribution in [0.3, 0.4) is 0 Å². The molecule has 2 rings (SSSR count). The zero-order valence-electron chi connectivity index (χ0n) is 11.8. The summed E-state index contributed by atoms with van der Waals surface area (Å²) in [4.78, 5) is 2.24. The van der Waals surface area contributed by atoms with Gasteiger partial charge in [-0.1, -0.05) is 5.16 Å². The Bertz CT molecular complexity index is 517. The lowest BCUT2D eigenvalue weighted by Crippen LogP contribution is -2.52. The summed E-state index contributed by atoms with van der Waals surface area (Å²) in [5, 5.41) is 11.6. The van der Waals surface area contributed by atoms with Gasteiger partial charge in [-0.15, -0.1) is 0 Å². The van der Waals surface area contributed by atoms with Crippen LogP contribution in [0.25, 0.3) is 0 Å². The van der Waals surface area contributed by atoms with Crippen molar-refractivity contribution in [2.24, 2.45) is 10.9 Å². The Morgan fingerprint density at radius 3 is 2.90 bits per heavy atom. The molecule has 6 heteroatoms. The Morgan fingerprint density at radius 2 is 2.25 bits per heavy atom. The van der Waals surface area contributed by atoms with Crippen molar-refractivity contribution in [2.45, 2.75) is 25.9 Å². The molecule has 1 fully saturated rings. The highest BCUT2D eigenvalue weighted by Crippen LogP contribution is 2.22. The molecule has 0 amide bonds. The van der Waals surface area contributed by atoms with E-state index in [1.165, 1.54) is 12.1 Å². The number of ether oxygens (including phenoxy) is 1. The summed E-state index contributed by atoms with van der Waals surface area (Å²) in [5.41, 5.74) is 6.60. The van der Waals surface area contributed by atoms with Crippen LogP contribution in [-0.4, -0.2) is 41.2 Å². The summed E-state index contributed by atoms with van der Waals surface area (Å²) < 4.78 is 19.1. The van der Waals surface area contributed by atoms with Crippen LogP contribution in [0.1, 0.15) is 25.0 Å². The van der Waals surface area contributed by atoms with E-state index in [0.717, 1.165) is 12.1 Å². The first-order valence-electron chi connectivity index (χ1n) is 6.52. The molecule has 0 radical (unpaired) electrons. The van der Waals surface area contributed by atoms with Gasteiger partial charge in [-0.25, -0.2) is 4.39 Å². The number of halogens is 1. The third-order valence-electron chi connectivity index (χ3n) is 3.55. The number of amidine groups is 1. The van der Waals surface area contributed by atoms with Gasteiger partial charge >= 0.3 is 0 Å². The zero-order chi connectivity index (χ0) is 14.8. The molecule has 110 valence electrons. The topological polar surface area (TPSA) is 71.1 Å². The third kappa shape index (κ3) is 3.26. The van der Waals surface area contributed by atoms with E-state index in [0.29, 0.717) is 25.3 Å². The SMILES string of the molecule is CC1(C)COCCN1Cc1cc(F)cc(/C(N)=N/O)c1. The second-order valence-electron chi connectivity index (χ2n) is 5.62. The minimum Gasteiger partial charge on any atom is -0.409 e. The van der Waals surface area contributed by atoms with Crippen molar-refractivity contribution < 1.29 is 14.3 Å². The highest BCUT2D eigenvalue weighted by atomic mass is 19.1. The van der Waals surface area contributed by atoms with E-state index in [2.05, 4.69) is 23.9 Å². The Balaban J connectivity index is 2.23. The molecule has 1 aliphatic rings. The smallest absolute Gasteiger partial charge is 0.170 e. The number of rotatable bonds is 3. The first-order valence-corrected chi connectivity index (χ1v) is 6.52. The van der Waals surface area contributed by atoms with Crippen molar-refractivity contribution in [3.8, 4) is 0 Å².